The van der Waals surface area contributed by atoms with Crippen LogP contribution in [0.5, 0.6) is 0 Å². The van der Waals surface area contributed by atoms with Crippen LogP contribution in [0.4, 0.5) is 10.5 Å². The molecule has 1 amide bonds. The summed E-state index contributed by atoms with van der Waals surface area (Å²) in [4.78, 5) is 13.3. The van der Waals surface area contributed by atoms with Gasteiger partial charge in [0.2, 0.25) is 0 Å². The van der Waals surface area contributed by atoms with Crippen LogP contribution in [0.3, 0.4) is 0 Å². The summed E-state index contributed by atoms with van der Waals surface area (Å²) in [6.45, 7) is 16.6. The first-order chi connectivity index (χ1) is 10.9. The van der Waals surface area contributed by atoms with Gasteiger partial charge in [-0.05, 0) is 52.9 Å². The third-order valence-corrected chi connectivity index (χ3v) is 3.27. The van der Waals surface area contributed by atoms with Crippen LogP contribution in [-0.2, 0) is 37.0 Å². The second-order valence-electron chi connectivity index (χ2n) is 7.26. The molecular weight excluding hydrogens is 488 g/mol. The largest absolute Gasteiger partial charge is 2.00 e. The van der Waals surface area contributed by atoms with E-state index in [1.54, 1.807) is 6.54 Å². The van der Waals surface area contributed by atoms with Crippen LogP contribution in [0, 0.1) is 13.5 Å². The Bertz CT molecular complexity index is 539. The van der Waals surface area contributed by atoms with Gasteiger partial charge in [0.15, 0.2) is 0 Å². The van der Waals surface area contributed by atoms with Crippen LogP contribution in [-0.4, -0.2) is 28.4 Å². The number of amides is 1. The topological polar surface area (TPSA) is 64.8 Å². The summed E-state index contributed by atoms with van der Waals surface area (Å²) in [5.41, 5.74) is 6.40. The molecule has 0 unspecified atom stereocenters. The second-order valence-corrected chi connectivity index (χ2v) is 7.26. The zero-order chi connectivity index (χ0) is 18.5. The molecule has 2 N–H and O–H groups in total. The minimum absolute atomic E-state index is 0. The van der Waals surface area contributed by atoms with E-state index in [1.165, 1.54) is 10.5 Å². The van der Waals surface area contributed by atoms with Crippen molar-refractivity contribution < 1.29 is 35.3 Å². The molecule has 1 aliphatic rings. The molecule has 1 fully saturated rings. The summed E-state index contributed by atoms with van der Waals surface area (Å²) < 4.78 is 10.8. The van der Waals surface area contributed by atoms with Gasteiger partial charge in [-0.2, -0.15) is 6.42 Å². The van der Waals surface area contributed by atoms with E-state index in [0.29, 0.717) is 0 Å². The Hall–Kier alpha value is -1.06. The van der Waals surface area contributed by atoms with Crippen LogP contribution in [0.1, 0.15) is 47.1 Å². The normalized spacial score (nSPS) is 18.7. The van der Waals surface area contributed by atoms with Crippen molar-refractivity contribution in [2.24, 2.45) is 0 Å². The number of hydrogen-bond acceptors (Lipinski definition) is 4. The zero-order valence-electron chi connectivity index (χ0n) is 16.0. The zero-order valence-corrected chi connectivity index (χ0v) is 19.0. The van der Waals surface area contributed by atoms with Crippen LogP contribution in [0.2, 0.25) is 0 Å². The number of benzene rings is 1. The number of hydrogen-bond donors (Lipinski definition) is 1. The molecule has 0 radical (unpaired) electrons. The van der Waals surface area contributed by atoms with Crippen molar-refractivity contribution >= 4 is 11.8 Å². The molecule has 1 heterocycles. The molecule has 6 heteroatoms. The fraction of sp³-hybridized carbons (Fsp3) is 0.526. The van der Waals surface area contributed by atoms with Gasteiger partial charge < -0.3 is 27.0 Å². The number of anilines is 1. The smallest absolute Gasteiger partial charge is 0.445 e. The molecule has 1 aromatic rings. The van der Waals surface area contributed by atoms with E-state index in [2.05, 4.69) is 6.92 Å². The summed E-state index contributed by atoms with van der Waals surface area (Å²) in [7, 11) is 0. The Morgan fingerprint density at radius 3 is 2.24 bits per heavy atom. The maximum Gasteiger partial charge on any atom is 2.00 e. The van der Waals surface area contributed by atoms with Crippen molar-refractivity contribution in [2.75, 3.05) is 5.73 Å². The molecule has 1 atom stereocenters. The summed E-state index contributed by atoms with van der Waals surface area (Å²) in [6.07, 6.45) is 0.407. The van der Waals surface area contributed by atoms with Gasteiger partial charge in [-0.15, -0.1) is 0 Å². The monoisotopic (exact) mass is 518 g/mol. The number of carbonyl (C=O) groups is 1. The Morgan fingerprint density at radius 1 is 1.36 bits per heavy atom. The Labute approximate surface area is 166 Å². The third kappa shape index (κ3) is 8.24. The van der Waals surface area contributed by atoms with Gasteiger partial charge in [0, 0.05) is 5.69 Å². The van der Waals surface area contributed by atoms with Crippen LogP contribution in [0.25, 0.3) is 0 Å². The molecule has 1 aliphatic heterocycles. The second kappa shape index (κ2) is 9.58. The van der Waals surface area contributed by atoms with E-state index in [-0.39, 0.29) is 33.3 Å². The van der Waals surface area contributed by atoms with Crippen LogP contribution >= 0.6 is 0 Å². The van der Waals surface area contributed by atoms with Crippen molar-refractivity contribution in [3.63, 3.8) is 0 Å². The van der Waals surface area contributed by atoms with Gasteiger partial charge in [0.1, 0.15) is 11.3 Å². The molecule has 0 bridgehead atoms. The molecule has 2 rings (SSSR count). The standard InChI is InChI=1S/C11H20NO3.C8H10N.W/c1-8-7-12(11(5,6)14-8)9(13)15-10(2,3)4;1-2-7-3-5-8(9)6-4-7;/h7-8H,1-6H3;3-6H,1-2,9H2;/q2*-1;+2/t8-;;/m1../s1. The van der Waals surface area contributed by atoms with E-state index >= 15 is 0 Å². The predicted octanol–water partition coefficient (Wildman–Crippen LogP) is 4.18. The average molecular weight is 518 g/mol. The van der Waals surface area contributed by atoms with Crippen molar-refractivity contribution in [1.82, 2.24) is 4.90 Å². The third-order valence-electron chi connectivity index (χ3n) is 3.27. The minimum Gasteiger partial charge on any atom is -0.445 e. The summed E-state index contributed by atoms with van der Waals surface area (Å²) in [6, 6.07) is 7.76. The Kier molecular flexibility index (Phi) is 9.18. The number of ether oxygens (including phenoxy) is 2. The van der Waals surface area contributed by atoms with Crippen LogP contribution in [0.15, 0.2) is 24.3 Å². The van der Waals surface area contributed by atoms with Gasteiger partial charge in [-0.1, -0.05) is 24.6 Å². The fourth-order valence-corrected chi connectivity index (χ4v) is 2.21. The van der Waals surface area contributed by atoms with E-state index < -0.39 is 11.3 Å². The molecule has 0 saturated carbocycles. The predicted molar refractivity (Wildman–Crippen MR) is 96.9 cm³/mol. The van der Waals surface area contributed by atoms with Crippen molar-refractivity contribution in [3.8, 4) is 0 Å². The van der Waals surface area contributed by atoms with Crippen molar-refractivity contribution in [1.29, 1.82) is 0 Å². The first kappa shape index (κ1) is 23.9. The number of nitrogens with zero attached hydrogens (tertiary/aromatic N) is 1. The molecule has 1 aromatic carbocycles. The maximum absolute atomic E-state index is 11.8. The molecular formula is C19H30N2O3W. The molecule has 140 valence electrons. The van der Waals surface area contributed by atoms with Gasteiger partial charge in [0.05, 0.1) is 0 Å². The number of nitrogens with two attached hydrogens (primary N) is 1. The molecule has 0 spiro atoms. The molecule has 0 aliphatic carbocycles. The van der Waals surface area contributed by atoms with E-state index in [0.717, 1.165) is 12.1 Å². The van der Waals surface area contributed by atoms with Crippen molar-refractivity contribution in [3.05, 3.63) is 43.3 Å². The molecule has 25 heavy (non-hydrogen) atoms. The van der Waals surface area contributed by atoms with E-state index in [1.807, 2.05) is 65.8 Å². The summed E-state index contributed by atoms with van der Waals surface area (Å²) in [5.74, 6) is 0. The summed E-state index contributed by atoms with van der Waals surface area (Å²) >= 11 is 0. The van der Waals surface area contributed by atoms with Gasteiger partial charge in [-0.25, -0.2) is 11.3 Å². The number of rotatable bonds is 1. The SMILES string of the molecule is C[C@@H]1[CH-]N(C(=O)OC(C)(C)C)C(C)(C)O1.[CH2-]Cc1ccc(N)cc1.[W+2]. The Morgan fingerprint density at radius 2 is 1.88 bits per heavy atom. The molecule has 5 nitrogen and oxygen atoms in total. The Balaban J connectivity index is 0.000000495. The first-order valence-electron chi connectivity index (χ1n) is 8.13. The fourth-order valence-electron chi connectivity index (χ4n) is 2.21. The minimum atomic E-state index is -0.623. The van der Waals surface area contributed by atoms with Gasteiger partial charge in [-0.3, -0.25) is 0 Å². The quantitative estimate of drug-likeness (QED) is 0.448. The van der Waals surface area contributed by atoms with Gasteiger partial charge in [0.25, 0.3) is 0 Å². The molecule has 0 aromatic heterocycles. The number of nitrogen functional groups attached to an aromatic ring is 1. The van der Waals surface area contributed by atoms with Gasteiger partial charge >= 0.3 is 27.2 Å². The van der Waals surface area contributed by atoms with Crippen molar-refractivity contribution in [2.45, 2.75) is 65.4 Å². The maximum atomic E-state index is 11.8. The van der Waals surface area contributed by atoms with Crippen LogP contribution < -0.4 is 5.73 Å². The van der Waals surface area contributed by atoms with E-state index in [9.17, 15) is 4.79 Å². The number of carbonyl (C=O) groups excluding carboxylic acids is 1. The average Bonchev–Trinajstić information content (AvgIpc) is 2.71. The first-order valence-corrected chi connectivity index (χ1v) is 8.13. The molecule has 1 saturated heterocycles. The van der Waals surface area contributed by atoms with E-state index in [4.69, 9.17) is 15.2 Å². The summed E-state index contributed by atoms with van der Waals surface area (Å²) in [5, 5.41) is 0.